The molecule has 1 aliphatic rings. The van der Waals surface area contributed by atoms with Crippen LogP contribution in [0.1, 0.15) is 18.4 Å². The summed E-state index contributed by atoms with van der Waals surface area (Å²) in [4.78, 5) is 13.0. The summed E-state index contributed by atoms with van der Waals surface area (Å²) in [5, 5.41) is 11.9. The minimum atomic E-state index is -3.71. The van der Waals surface area contributed by atoms with Crippen molar-refractivity contribution >= 4 is 45.0 Å². The van der Waals surface area contributed by atoms with E-state index < -0.39 is 15.9 Å². The highest BCUT2D eigenvalue weighted by Gasteiger charge is 2.34. The lowest BCUT2D eigenvalue weighted by molar-refractivity contribution is -0.120. The molecule has 9 nitrogen and oxygen atoms in total. The average Bonchev–Trinajstić information content (AvgIpc) is 3.35. The zero-order chi connectivity index (χ0) is 22.9. The molecule has 1 aromatic carbocycles. The van der Waals surface area contributed by atoms with Gasteiger partial charge in [0.2, 0.25) is 15.9 Å². The fraction of sp³-hybridized carbons (Fsp3) is 0.350. The molecular weight excluding hydrogens is 475 g/mol. The van der Waals surface area contributed by atoms with Gasteiger partial charge in [-0.15, -0.1) is 0 Å². The standard InChI is InChI=1S/C20H22Cl2N6O3S/c1-26-12-16(9-23-26)32(30,31)28-8-4-6-15(11-28)20(29)24-19-18(22)13-27(25-19)10-14-5-2-3-7-17(14)21/h2-3,5,7,9,12-13,15H,4,6,8,10-11H2,1H3,(H,24,25,29)/t15-/m0/s1. The molecular formula is C20H22Cl2N6O3S. The lowest BCUT2D eigenvalue weighted by Crippen LogP contribution is -2.43. The Kier molecular flexibility index (Phi) is 6.57. The first-order valence-corrected chi connectivity index (χ1v) is 12.2. The monoisotopic (exact) mass is 496 g/mol. The van der Waals surface area contributed by atoms with E-state index in [9.17, 15) is 13.2 Å². The van der Waals surface area contributed by atoms with E-state index in [4.69, 9.17) is 23.2 Å². The number of amides is 1. The molecule has 1 atom stereocenters. The average molecular weight is 497 g/mol. The summed E-state index contributed by atoms with van der Waals surface area (Å²) in [6.45, 7) is 0.838. The molecule has 1 saturated heterocycles. The molecule has 2 aromatic heterocycles. The lowest BCUT2D eigenvalue weighted by Gasteiger charge is -2.30. The molecule has 0 bridgehead atoms. The molecule has 1 fully saturated rings. The van der Waals surface area contributed by atoms with Gasteiger partial charge in [-0.3, -0.25) is 14.2 Å². The van der Waals surface area contributed by atoms with Crippen LogP contribution in [0.5, 0.6) is 0 Å². The fourth-order valence-electron chi connectivity index (χ4n) is 3.64. The number of nitrogens with zero attached hydrogens (tertiary/aromatic N) is 5. The number of aromatic nitrogens is 4. The van der Waals surface area contributed by atoms with E-state index in [0.717, 1.165) is 5.56 Å². The molecule has 0 aliphatic carbocycles. The predicted octanol–water partition coefficient (Wildman–Crippen LogP) is 3.01. The van der Waals surface area contributed by atoms with Crippen molar-refractivity contribution in [1.29, 1.82) is 0 Å². The van der Waals surface area contributed by atoms with E-state index in [2.05, 4.69) is 15.5 Å². The van der Waals surface area contributed by atoms with Crippen LogP contribution in [0.2, 0.25) is 10.0 Å². The second-order valence-electron chi connectivity index (χ2n) is 7.66. The van der Waals surface area contributed by atoms with Crippen molar-refractivity contribution in [2.75, 3.05) is 18.4 Å². The number of benzene rings is 1. The molecule has 1 aliphatic heterocycles. The molecule has 0 spiro atoms. The molecule has 3 aromatic rings. The molecule has 3 heterocycles. The van der Waals surface area contributed by atoms with Gasteiger partial charge in [0.05, 0.1) is 18.7 Å². The van der Waals surface area contributed by atoms with Gasteiger partial charge in [0.15, 0.2) is 5.82 Å². The Morgan fingerprint density at radius 3 is 2.72 bits per heavy atom. The maximum atomic E-state index is 12.9. The number of hydrogen-bond acceptors (Lipinski definition) is 5. The quantitative estimate of drug-likeness (QED) is 0.564. The summed E-state index contributed by atoms with van der Waals surface area (Å²) in [5.41, 5.74) is 0.870. The fourth-order valence-corrected chi connectivity index (χ4v) is 5.54. The molecule has 12 heteroatoms. The number of halogens is 2. The maximum absolute atomic E-state index is 12.9. The van der Waals surface area contributed by atoms with Crippen molar-refractivity contribution in [3.8, 4) is 0 Å². The Morgan fingerprint density at radius 2 is 2.00 bits per heavy atom. The van der Waals surface area contributed by atoms with Crippen LogP contribution in [0.15, 0.2) is 47.8 Å². The van der Waals surface area contributed by atoms with Crippen LogP contribution in [0.3, 0.4) is 0 Å². The number of carbonyl (C=O) groups is 1. The summed E-state index contributed by atoms with van der Waals surface area (Å²) in [5.74, 6) is -0.600. The van der Waals surface area contributed by atoms with Gasteiger partial charge in [0, 0.05) is 37.6 Å². The molecule has 1 amide bonds. The second-order valence-corrected chi connectivity index (χ2v) is 10.4. The Labute approximate surface area is 196 Å². The number of rotatable bonds is 6. The van der Waals surface area contributed by atoms with Crippen LogP contribution >= 0.6 is 23.2 Å². The third-order valence-electron chi connectivity index (χ3n) is 5.32. The van der Waals surface area contributed by atoms with Gasteiger partial charge in [-0.2, -0.15) is 14.5 Å². The van der Waals surface area contributed by atoms with E-state index in [0.29, 0.717) is 36.0 Å². The third-order valence-corrected chi connectivity index (χ3v) is 7.79. The van der Waals surface area contributed by atoms with E-state index in [-0.39, 0.29) is 23.2 Å². The van der Waals surface area contributed by atoms with Crippen molar-refractivity contribution < 1.29 is 13.2 Å². The maximum Gasteiger partial charge on any atom is 0.246 e. The van der Waals surface area contributed by atoms with Crippen molar-refractivity contribution in [2.24, 2.45) is 13.0 Å². The Balaban J connectivity index is 1.44. The number of anilines is 1. The first kappa shape index (κ1) is 22.8. The summed E-state index contributed by atoms with van der Waals surface area (Å²) in [6.07, 6.45) is 5.52. The van der Waals surface area contributed by atoms with Gasteiger partial charge in [-0.25, -0.2) is 8.42 Å². The van der Waals surface area contributed by atoms with Crippen molar-refractivity contribution in [2.45, 2.75) is 24.3 Å². The van der Waals surface area contributed by atoms with Gasteiger partial charge in [0.1, 0.15) is 9.92 Å². The second kappa shape index (κ2) is 9.22. The van der Waals surface area contributed by atoms with Crippen molar-refractivity contribution in [1.82, 2.24) is 23.9 Å². The van der Waals surface area contributed by atoms with Crippen LogP contribution in [-0.4, -0.2) is 51.3 Å². The highest BCUT2D eigenvalue weighted by Crippen LogP contribution is 2.26. The van der Waals surface area contributed by atoms with Crippen molar-refractivity contribution in [3.05, 3.63) is 58.5 Å². The Hall–Kier alpha value is -2.40. The third kappa shape index (κ3) is 4.83. The Bertz CT molecular complexity index is 1240. The molecule has 170 valence electrons. The molecule has 4 rings (SSSR count). The number of hydrogen-bond donors (Lipinski definition) is 1. The molecule has 0 saturated carbocycles. The molecule has 0 radical (unpaired) electrons. The van der Waals surface area contributed by atoms with Crippen LogP contribution < -0.4 is 5.32 Å². The van der Waals surface area contributed by atoms with Gasteiger partial charge in [-0.05, 0) is 24.5 Å². The summed E-state index contributed by atoms with van der Waals surface area (Å²) in [6, 6.07) is 7.40. The van der Waals surface area contributed by atoms with Gasteiger partial charge in [0.25, 0.3) is 0 Å². The van der Waals surface area contributed by atoms with Crippen LogP contribution in [-0.2, 0) is 28.4 Å². The summed E-state index contributed by atoms with van der Waals surface area (Å²) < 4.78 is 30.1. The number of carbonyl (C=O) groups excluding carboxylic acids is 1. The highest BCUT2D eigenvalue weighted by atomic mass is 35.5. The smallest absolute Gasteiger partial charge is 0.246 e. The molecule has 1 N–H and O–H groups in total. The molecule has 32 heavy (non-hydrogen) atoms. The van der Waals surface area contributed by atoms with E-state index in [1.54, 1.807) is 24.0 Å². The first-order valence-electron chi connectivity index (χ1n) is 10.00. The number of aryl methyl sites for hydroxylation is 1. The highest BCUT2D eigenvalue weighted by molar-refractivity contribution is 7.89. The first-order chi connectivity index (χ1) is 15.2. The minimum Gasteiger partial charge on any atom is -0.308 e. The van der Waals surface area contributed by atoms with E-state index in [1.807, 2.05) is 18.2 Å². The largest absolute Gasteiger partial charge is 0.308 e. The summed E-state index contributed by atoms with van der Waals surface area (Å²) in [7, 11) is -2.06. The van der Waals surface area contributed by atoms with Gasteiger partial charge >= 0.3 is 0 Å². The number of piperidine rings is 1. The van der Waals surface area contributed by atoms with Crippen LogP contribution in [0, 0.1) is 5.92 Å². The van der Waals surface area contributed by atoms with Gasteiger partial charge in [-0.1, -0.05) is 41.4 Å². The summed E-state index contributed by atoms with van der Waals surface area (Å²) >= 11 is 12.5. The van der Waals surface area contributed by atoms with E-state index in [1.165, 1.54) is 21.4 Å². The minimum absolute atomic E-state index is 0.0843. The lowest BCUT2D eigenvalue weighted by atomic mass is 9.99. The van der Waals surface area contributed by atoms with E-state index >= 15 is 0 Å². The zero-order valence-electron chi connectivity index (χ0n) is 17.3. The van der Waals surface area contributed by atoms with Gasteiger partial charge < -0.3 is 5.32 Å². The van der Waals surface area contributed by atoms with Crippen LogP contribution in [0.25, 0.3) is 0 Å². The van der Waals surface area contributed by atoms with Crippen molar-refractivity contribution in [3.63, 3.8) is 0 Å². The number of sulfonamides is 1. The zero-order valence-corrected chi connectivity index (χ0v) is 19.6. The Morgan fingerprint density at radius 1 is 1.22 bits per heavy atom. The van der Waals surface area contributed by atoms with Crippen LogP contribution in [0.4, 0.5) is 5.82 Å². The number of nitrogens with one attached hydrogen (secondary N) is 1. The normalized spacial score (nSPS) is 17.4. The topological polar surface area (TPSA) is 102 Å². The predicted molar refractivity (Wildman–Crippen MR) is 121 cm³/mol. The SMILES string of the molecule is Cn1cc(S(=O)(=O)N2CCC[C@H](C(=O)Nc3nn(Cc4ccccc4Cl)cc3Cl)C2)cn1. The molecule has 0 unspecified atom stereocenters.